The summed E-state index contributed by atoms with van der Waals surface area (Å²) < 4.78 is 0. The van der Waals surface area contributed by atoms with Crippen LogP contribution in [0, 0.1) is 11.3 Å². The van der Waals surface area contributed by atoms with Crippen LogP contribution in [0.15, 0.2) is 0 Å². The maximum Gasteiger partial charge on any atom is 0.149 e. The molecule has 2 rings (SSSR count). The van der Waals surface area contributed by atoms with Crippen molar-refractivity contribution in [1.82, 2.24) is 0 Å². The van der Waals surface area contributed by atoms with Gasteiger partial charge in [-0.3, -0.25) is 9.59 Å². The zero-order valence-electron chi connectivity index (χ0n) is 7.43. The molecule has 2 aliphatic carbocycles. The Morgan fingerprint density at radius 1 is 1.33 bits per heavy atom. The quantitative estimate of drug-likeness (QED) is 0.513. The molecule has 0 radical (unpaired) electrons. The third-order valence-electron chi connectivity index (χ3n) is 3.48. The van der Waals surface area contributed by atoms with Crippen LogP contribution in [-0.4, -0.2) is 11.6 Å². The summed E-state index contributed by atoms with van der Waals surface area (Å²) in [5.74, 6) is 0.620. The highest BCUT2D eigenvalue weighted by molar-refractivity contribution is 6.09. The number of carbonyl (C=O) groups excluding carboxylic acids is 2. The van der Waals surface area contributed by atoms with E-state index in [0.717, 1.165) is 25.7 Å². The topological polar surface area (TPSA) is 34.1 Å². The molecule has 12 heavy (non-hydrogen) atoms. The Bertz CT molecular complexity index is 244. The van der Waals surface area contributed by atoms with Crippen molar-refractivity contribution in [2.24, 2.45) is 11.3 Å². The average Bonchev–Trinajstić information content (AvgIpc) is 2.04. The van der Waals surface area contributed by atoms with Crippen LogP contribution in [-0.2, 0) is 9.59 Å². The number of fused-ring (bicyclic) bond motifs is 2. The van der Waals surface area contributed by atoms with Crippen molar-refractivity contribution in [2.45, 2.75) is 39.0 Å². The normalized spacial score (nSPS) is 41.6. The van der Waals surface area contributed by atoms with E-state index < -0.39 is 5.41 Å². The molecule has 2 unspecified atom stereocenters. The highest BCUT2D eigenvalue weighted by Crippen LogP contribution is 2.43. The van der Waals surface area contributed by atoms with Crippen molar-refractivity contribution in [2.75, 3.05) is 0 Å². The predicted molar refractivity (Wildman–Crippen MR) is 44.7 cm³/mol. The van der Waals surface area contributed by atoms with E-state index in [9.17, 15) is 9.59 Å². The van der Waals surface area contributed by atoms with Crippen LogP contribution in [0.5, 0.6) is 0 Å². The van der Waals surface area contributed by atoms with E-state index in [2.05, 4.69) is 0 Å². The Kier molecular flexibility index (Phi) is 1.60. The highest BCUT2D eigenvalue weighted by atomic mass is 16.2. The second-order valence-electron chi connectivity index (χ2n) is 4.25. The highest BCUT2D eigenvalue weighted by Gasteiger charge is 2.49. The van der Waals surface area contributed by atoms with Crippen molar-refractivity contribution in [3.8, 4) is 0 Å². The van der Waals surface area contributed by atoms with Crippen LogP contribution < -0.4 is 0 Å². The van der Waals surface area contributed by atoms with Gasteiger partial charge < -0.3 is 0 Å². The molecule has 0 spiro atoms. The fourth-order valence-electron chi connectivity index (χ4n) is 2.54. The Morgan fingerprint density at radius 3 is 2.75 bits per heavy atom. The molecular weight excluding hydrogens is 152 g/mol. The fraction of sp³-hybridized carbons (Fsp3) is 0.800. The maximum absolute atomic E-state index is 11.7. The van der Waals surface area contributed by atoms with Crippen molar-refractivity contribution in [3.63, 3.8) is 0 Å². The molecule has 0 aromatic heterocycles. The van der Waals surface area contributed by atoms with Gasteiger partial charge in [0.2, 0.25) is 0 Å². The van der Waals surface area contributed by atoms with Crippen LogP contribution in [0.4, 0.5) is 0 Å². The van der Waals surface area contributed by atoms with Gasteiger partial charge in [-0.25, -0.2) is 0 Å². The van der Waals surface area contributed by atoms with Gasteiger partial charge in [0.15, 0.2) is 0 Å². The van der Waals surface area contributed by atoms with Crippen molar-refractivity contribution >= 4 is 11.6 Å². The molecule has 0 N–H and O–H groups in total. The summed E-state index contributed by atoms with van der Waals surface area (Å²) in [5, 5.41) is 0. The zero-order chi connectivity index (χ0) is 8.77. The third kappa shape index (κ3) is 0.869. The molecule has 0 amide bonds. The monoisotopic (exact) mass is 166 g/mol. The number of hydrogen-bond acceptors (Lipinski definition) is 2. The van der Waals surface area contributed by atoms with Crippen LogP contribution in [0.1, 0.15) is 39.0 Å². The fourth-order valence-corrected chi connectivity index (χ4v) is 2.54. The molecular formula is C10H14O2. The second-order valence-corrected chi connectivity index (χ2v) is 4.25. The second kappa shape index (κ2) is 2.41. The standard InChI is InChI=1S/C10H14O2/c1-10-6-2-3-7(9(10)12)4-5-8(10)11/h7H,2-6H2,1H3. The Hall–Kier alpha value is -0.660. The molecule has 2 saturated carbocycles. The van der Waals surface area contributed by atoms with Crippen LogP contribution in [0.25, 0.3) is 0 Å². The summed E-state index contributed by atoms with van der Waals surface area (Å²) in [6.07, 6.45) is 4.31. The third-order valence-corrected chi connectivity index (χ3v) is 3.48. The summed E-state index contributed by atoms with van der Waals surface area (Å²) in [6, 6.07) is 0. The number of rotatable bonds is 0. The maximum atomic E-state index is 11.7. The van der Waals surface area contributed by atoms with Crippen LogP contribution in [0.3, 0.4) is 0 Å². The van der Waals surface area contributed by atoms with Crippen molar-refractivity contribution in [3.05, 3.63) is 0 Å². The average molecular weight is 166 g/mol. The lowest BCUT2D eigenvalue weighted by atomic mass is 9.61. The summed E-state index contributed by atoms with van der Waals surface area (Å²) in [6.45, 7) is 1.84. The van der Waals surface area contributed by atoms with E-state index in [4.69, 9.17) is 0 Å². The molecule has 2 heteroatoms. The van der Waals surface area contributed by atoms with Gasteiger partial charge in [-0.05, 0) is 26.2 Å². The number of Topliss-reactive ketones (excluding diaryl/α,β-unsaturated/α-hetero) is 2. The Morgan fingerprint density at radius 2 is 2.08 bits per heavy atom. The summed E-state index contributed by atoms with van der Waals surface area (Å²) in [5.41, 5.74) is -0.582. The van der Waals surface area contributed by atoms with Gasteiger partial charge in [-0.2, -0.15) is 0 Å². The lowest BCUT2D eigenvalue weighted by molar-refractivity contribution is -0.149. The number of hydrogen-bond donors (Lipinski definition) is 0. The first-order valence-corrected chi connectivity index (χ1v) is 4.72. The molecule has 2 bridgehead atoms. The minimum Gasteiger partial charge on any atom is -0.299 e. The molecule has 2 nitrogen and oxygen atoms in total. The molecule has 2 atom stereocenters. The molecule has 0 saturated heterocycles. The Labute approximate surface area is 72.3 Å². The van der Waals surface area contributed by atoms with Gasteiger partial charge in [-0.1, -0.05) is 6.42 Å². The number of carbonyl (C=O) groups is 2. The van der Waals surface area contributed by atoms with Crippen molar-refractivity contribution < 1.29 is 9.59 Å². The van der Waals surface area contributed by atoms with E-state index in [0.29, 0.717) is 6.42 Å². The molecule has 66 valence electrons. The van der Waals surface area contributed by atoms with Gasteiger partial charge >= 0.3 is 0 Å². The summed E-state index contributed by atoms with van der Waals surface area (Å²) >= 11 is 0. The van der Waals surface area contributed by atoms with Gasteiger partial charge in [0.25, 0.3) is 0 Å². The molecule has 0 aromatic carbocycles. The smallest absolute Gasteiger partial charge is 0.149 e. The first-order chi connectivity index (χ1) is 5.64. The first-order valence-electron chi connectivity index (χ1n) is 4.72. The van der Waals surface area contributed by atoms with E-state index in [-0.39, 0.29) is 17.5 Å². The molecule has 0 aromatic rings. The zero-order valence-corrected chi connectivity index (χ0v) is 7.43. The van der Waals surface area contributed by atoms with E-state index in [1.54, 1.807) is 0 Å². The molecule has 2 fully saturated rings. The van der Waals surface area contributed by atoms with E-state index in [1.165, 1.54) is 0 Å². The molecule has 0 heterocycles. The van der Waals surface area contributed by atoms with Crippen molar-refractivity contribution in [1.29, 1.82) is 0 Å². The number of ketones is 2. The van der Waals surface area contributed by atoms with Gasteiger partial charge in [0, 0.05) is 12.3 Å². The van der Waals surface area contributed by atoms with Crippen LogP contribution in [0.2, 0.25) is 0 Å². The predicted octanol–water partition coefficient (Wildman–Crippen LogP) is 1.72. The van der Waals surface area contributed by atoms with Gasteiger partial charge in [0.05, 0.1) is 5.41 Å². The first kappa shape index (κ1) is 7.96. The summed E-state index contributed by atoms with van der Waals surface area (Å²) in [4.78, 5) is 23.2. The summed E-state index contributed by atoms with van der Waals surface area (Å²) in [7, 11) is 0. The van der Waals surface area contributed by atoms with Gasteiger partial charge in [-0.15, -0.1) is 0 Å². The van der Waals surface area contributed by atoms with Crippen LogP contribution >= 0.6 is 0 Å². The lowest BCUT2D eigenvalue weighted by Gasteiger charge is -2.39. The minimum atomic E-state index is -0.582. The largest absolute Gasteiger partial charge is 0.299 e. The van der Waals surface area contributed by atoms with Gasteiger partial charge in [0.1, 0.15) is 11.6 Å². The lowest BCUT2D eigenvalue weighted by Crippen LogP contribution is -2.47. The SMILES string of the molecule is CC12CCCC(CCC1=O)C2=O. The molecule has 0 aliphatic heterocycles. The van der Waals surface area contributed by atoms with E-state index >= 15 is 0 Å². The molecule has 2 aliphatic rings. The minimum absolute atomic E-state index is 0.184. The van der Waals surface area contributed by atoms with E-state index in [1.807, 2.05) is 6.92 Å². The Balaban J connectivity index is 2.35.